The van der Waals surface area contributed by atoms with Crippen molar-refractivity contribution in [2.75, 3.05) is 17.7 Å². The lowest BCUT2D eigenvalue weighted by atomic mass is 10.2. The van der Waals surface area contributed by atoms with Crippen molar-refractivity contribution in [3.8, 4) is 5.75 Å². The summed E-state index contributed by atoms with van der Waals surface area (Å²) in [6.07, 6.45) is 0. The van der Waals surface area contributed by atoms with Gasteiger partial charge in [0.25, 0.3) is 5.91 Å². The van der Waals surface area contributed by atoms with Gasteiger partial charge in [0.15, 0.2) is 5.11 Å². The number of fused-ring (bicyclic) bond motifs is 1. The van der Waals surface area contributed by atoms with E-state index in [-0.39, 0.29) is 22.8 Å². The van der Waals surface area contributed by atoms with Gasteiger partial charge in [-0.05, 0) is 30.4 Å². The number of thiophene rings is 1. The van der Waals surface area contributed by atoms with Crippen LogP contribution in [0.15, 0.2) is 42.5 Å². The maximum absolute atomic E-state index is 12.6. The van der Waals surface area contributed by atoms with Crippen LogP contribution in [0, 0.1) is 5.92 Å². The number of carbonyl (C=O) groups is 2. The second-order valence-corrected chi connectivity index (χ2v) is 8.55. The van der Waals surface area contributed by atoms with Crippen molar-refractivity contribution >= 4 is 73.5 Å². The molecule has 3 rings (SSSR count). The van der Waals surface area contributed by atoms with Gasteiger partial charge in [0.2, 0.25) is 5.91 Å². The molecule has 0 spiro atoms. The highest BCUT2D eigenvalue weighted by molar-refractivity contribution is 7.80. The first-order valence-electron chi connectivity index (χ1n) is 9.08. The molecule has 0 fully saturated rings. The molecule has 1 heterocycles. The van der Waals surface area contributed by atoms with Gasteiger partial charge >= 0.3 is 0 Å². The Labute approximate surface area is 188 Å². The minimum absolute atomic E-state index is 0.114. The molecule has 0 bridgehead atoms. The zero-order valence-electron chi connectivity index (χ0n) is 16.5. The first-order valence-corrected chi connectivity index (χ1v) is 10.7. The van der Waals surface area contributed by atoms with Crippen LogP contribution in [-0.4, -0.2) is 24.0 Å². The molecule has 0 saturated heterocycles. The Hall–Kier alpha value is -2.68. The van der Waals surface area contributed by atoms with E-state index in [9.17, 15) is 9.59 Å². The van der Waals surface area contributed by atoms with Gasteiger partial charge in [0.05, 0.1) is 17.8 Å². The van der Waals surface area contributed by atoms with Gasteiger partial charge in [0, 0.05) is 27.8 Å². The number of hydrogen-bond acceptors (Lipinski definition) is 5. The molecule has 156 valence electrons. The maximum atomic E-state index is 12.6. The van der Waals surface area contributed by atoms with E-state index in [1.54, 1.807) is 18.2 Å². The number of amides is 2. The fraction of sp³-hybridized carbons (Fsp3) is 0.190. The normalized spacial score (nSPS) is 10.7. The van der Waals surface area contributed by atoms with Gasteiger partial charge in [-0.15, -0.1) is 11.3 Å². The second-order valence-electron chi connectivity index (χ2n) is 6.71. The first-order chi connectivity index (χ1) is 14.3. The van der Waals surface area contributed by atoms with Gasteiger partial charge < -0.3 is 15.4 Å². The Bertz CT molecular complexity index is 1130. The number of anilines is 2. The van der Waals surface area contributed by atoms with E-state index in [4.69, 9.17) is 28.6 Å². The van der Waals surface area contributed by atoms with E-state index in [0.29, 0.717) is 27.0 Å². The monoisotopic (exact) mass is 461 g/mol. The molecule has 2 amide bonds. The minimum Gasteiger partial charge on any atom is -0.494 e. The number of carbonyl (C=O) groups excluding carboxylic acids is 2. The quantitative estimate of drug-likeness (QED) is 0.450. The Morgan fingerprint density at radius 2 is 1.87 bits per heavy atom. The number of rotatable bonds is 5. The number of ether oxygens (including phenoxy) is 1. The average Bonchev–Trinajstić information content (AvgIpc) is 3.06. The van der Waals surface area contributed by atoms with E-state index < -0.39 is 0 Å². The summed E-state index contributed by atoms with van der Waals surface area (Å²) in [7, 11) is 1.51. The van der Waals surface area contributed by atoms with Crippen molar-refractivity contribution < 1.29 is 14.3 Å². The van der Waals surface area contributed by atoms with Crippen LogP contribution >= 0.6 is 35.2 Å². The highest BCUT2D eigenvalue weighted by atomic mass is 35.5. The summed E-state index contributed by atoms with van der Waals surface area (Å²) < 4.78 is 6.27. The maximum Gasteiger partial charge on any atom is 0.269 e. The summed E-state index contributed by atoms with van der Waals surface area (Å²) in [5.74, 6) is -0.185. The van der Waals surface area contributed by atoms with Crippen LogP contribution < -0.4 is 20.7 Å². The Balaban J connectivity index is 1.70. The van der Waals surface area contributed by atoms with Crippen LogP contribution in [0.2, 0.25) is 5.02 Å². The van der Waals surface area contributed by atoms with Crippen LogP contribution in [0.5, 0.6) is 5.75 Å². The number of methoxy groups -OCH3 is 1. The van der Waals surface area contributed by atoms with Crippen LogP contribution in [0.1, 0.15) is 23.5 Å². The van der Waals surface area contributed by atoms with Crippen molar-refractivity contribution in [2.45, 2.75) is 13.8 Å². The molecule has 0 unspecified atom stereocenters. The van der Waals surface area contributed by atoms with Crippen LogP contribution in [-0.2, 0) is 4.79 Å². The molecule has 0 aliphatic rings. The molecule has 0 atom stereocenters. The number of halogens is 1. The predicted molar refractivity (Wildman–Crippen MR) is 127 cm³/mol. The lowest BCUT2D eigenvalue weighted by Crippen LogP contribution is -2.33. The number of hydrogen-bond donors (Lipinski definition) is 3. The average molecular weight is 462 g/mol. The summed E-state index contributed by atoms with van der Waals surface area (Å²) in [4.78, 5) is 24.9. The fourth-order valence-electron chi connectivity index (χ4n) is 2.63. The standard InChI is InChI=1S/C21H20ClN3O3S2/c1-11(2)19(26)24-14-9-8-12(10-15(14)28-3)23-21(29)25-20(27)18-17(22)13-6-4-5-7-16(13)30-18/h4-11H,1-3H3,(H,24,26)(H2,23,25,27,29). The molecule has 1 aromatic heterocycles. The summed E-state index contributed by atoms with van der Waals surface area (Å²) in [6, 6.07) is 12.6. The molecule has 0 radical (unpaired) electrons. The molecule has 9 heteroatoms. The third kappa shape index (κ3) is 4.89. The second kappa shape index (κ2) is 9.42. The van der Waals surface area contributed by atoms with Gasteiger partial charge in [-0.25, -0.2) is 0 Å². The largest absolute Gasteiger partial charge is 0.494 e. The summed E-state index contributed by atoms with van der Waals surface area (Å²) >= 11 is 12.9. The molecule has 30 heavy (non-hydrogen) atoms. The third-order valence-electron chi connectivity index (χ3n) is 4.21. The Morgan fingerprint density at radius 1 is 1.13 bits per heavy atom. The van der Waals surface area contributed by atoms with Gasteiger partial charge in [-0.1, -0.05) is 43.6 Å². The Kier molecular flexibility index (Phi) is 6.91. The molecular weight excluding hydrogens is 442 g/mol. The number of thiocarbonyl (C=S) groups is 1. The highest BCUT2D eigenvalue weighted by Crippen LogP contribution is 2.35. The van der Waals surface area contributed by atoms with E-state index in [1.807, 2.05) is 38.1 Å². The molecule has 3 aromatic rings. The lowest BCUT2D eigenvalue weighted by molar-refractivity contribution is -0.118. The Morgan fingerprint density at radius 3 is 2.53 bits per heavy atom. The molecule has 2 aromatic carbocycles. The zero-order chi connectivity index (χ0) is 21.8. The molecule has 6 nitrogen and oxygen atoms in total. The van der Waals surface area contributed by atoms with Crippen LogP contribution in [0.3, 0.4) is 0 Å². The smallest absolute Gasteiger partial charge is 0.269 e. The van der Waals surface area contributed by atoms with Gasteiger partial charge in [-0.3, -0.25) is 14.9 Å². The summed E-state index contributed by atoms with van der Waals surface area (Å²) in [5, 5.41) is 9.75. The zero-order valence-corrected chi connectivity index (χ0v) is 18.9. The highest BCUT2D eigenvalue weighted by Gasteiger charge is 2.18. The number of nitrogens with one attached hydrogen (secondary N) is 3. The number of benzene rings is 2. The fourth-order valence-corrected chi connectivity index (χ4v) is 4.25. The van der Waals surface area contributed by atoms with Gasteiger partial charge in [-0.2, -0.15) is 0 Å². The molecule has 3 N–H and O–H groups in total. The van der Waals surface area contributed by atoms with Crippen LogP contribution in [0.25, 0.3) is 10.1 Å². The van der Waals surface area contributed by atoms with E-state index >= 15 is 0 Å². The van der Waals surface area contributed by atoms with Crippen LogP contribution in [0.4, 0.5) is 11.4 Å². The molecule has 0 saturated carbocycles. The first kappa shape index (κ1) is 22.0. The predicted octanol–water partition coefficient (Wildman–Crippen LogP) is 5.28. The van der Waals surface area contributed by atoms with Crippen molar-refractivity contribution in [1.29, 1.82) is 0 Å². The lowest BCUT2D eigenvalue weighted by Gasteiger charge is -2.14. The van der Waals surface area contributed by atoms with Crippen molar-refractivity contribution in [3.05, 3.63) is 52.4 Å². The SMILES string of the molecule is COc1cc(NC(=S)NC(=O)c2sc3ccccc3c2Cl)ccc1NC(=O)C(C)C. The summed E-state index contributed by atoms with van der Waals surface area (Å²) in [5.41, 5.74) is 1.15. The van der Waals surface area contributed by atoms with Crippen molar-refractivity contribution in [1.82, 2.24) is 5.32 Å². The molecule has 0 aliphatic carbocycles. The van der Waals surface area contributed by atoms with Crippen molar-refractivity contribution in [2.24, 2.45) is 5.92 Å². The summed E-state index contributed by atoms with van der Waals surface area (Å²) in [6.45, 7) is 3.61. The van der Waals surface area contributed by atoms with E-state index in [2.05, 4.69) is 16.0 Å². The topological polar surface area (TPSA) is 79.5 Å². The molecule has 0 aliphatic heterocycles. The minimum atomic E-state index is -0.383. The third-order valence-corrected chi connectivity index (χ3v) is 6.09. The van der Waals surface area contributed by atoms with E-state index in [1.165, 1.54) is 18.4 Å². The van der Waals surface area contributed by atoms with Gasteiger partial charge in [0.1, 0.15) is 10.6 Å². The van der Waals surface area contributed by atoms with Crippen molar-refractivity contribution in [3.63, 3.8) is 0 Å². The molecular formula is C21H20ClN3O3S2. The van der Waals surface area contributed by atoms with E-state index in [0.717, 1.165) is 10.1 Å².